The standard InChI is InChI=1S/C10H21NO2S/c1-14(12,13)8-4-7-10(9-11)5-2-3-6-10/h2-9,11H2,1H3. The van der Waals surface area contributed by atoms with Gasteiger partial charge in [-0.3, -0.25) is 0 Å². The summed E-state index contributed by atoms with van der Waals surface area (Å²) in [4.78, 5) is 0. The van der Waals surface area contributed by atoms with Gasteiger partial charge in [-0.25, -0.2) is 8.42 Å². The van der Waals surface area contributed by atoms with Crippen molar-refractivity contribution in [2.45, 2.75) is 38.5 Å². The molecule has 3 nitrogen and oxygen atoms in total. The lowest BCUT2D eigenvalue weighted by molar-refractivity contribution is 0.280. The van der Waals surface area contributed by atoms with Crippen molar-refractivity contribution in [1.82, 2.24) is 0 Å². The van der Waals surface area contributed by atoms with E-state index in [0.29, 0.717) is 5.75 Å². The van der Waals surface area contributed by atoms with Crippen molar-refractivity contribution in [3.8, 4) is 0 Å². The van der Waals surface area contributed by atoms with E-state index < -0.39 is 9.84 Å². The molecule has 1 saturated carbocycles. The Labute approximate surface area is 87.0 Å². The number of rotatable bonds is 5. The van der Waals surface area contributed by atoms with Gasteiger partial charge in [0.1, 0.15) is 9.84 Å². The molecule has 0 aromatic heterocycles. The van der Waals surface area contributed by atoms with Crippen LogP contribution in [0, 0.1) is 5.41 Å². The molecule has 14 heavy (non-hydrogen) atoms. The zero-order valence-corrected chi connectivity index (χ0v) is 9.78. The van der Waals surface area contributed by atoms with Gasteiger partial charge in [-0.1, -0.05) is 12.8 Å². The fraction of sp³-hybridized carbons (Fsp3) is 1.00. The van der Waals surface area contributed by atoms with E-state index in [0.717, 1.165) is 19.4 Å². The maximum atomic E-state index is 11.0. The van der Waals surface area contributed by atoms with Gasteiger partial charge in [-0.15, -0.1) is 0 Å². The molecule has 0 aromatic carbocycles. The predicted molar refractivity (Wildman–Crippen MR) is 58.9 cm³/mol. The normalized spacial score (nSPS) is 21.3. The van der Waals surface area contributed by atoms with Crippen molar-refractivity contribution in [2.24, 2.45) is 11.1 Å². The van der Waals surface area contributed by atoms with Crippen molar-refractivity contribution in [2.75, 3.05) is 18.6 Å². The molecule has 1 fully saturated rings. The summed E-state index contributed by atoms with van der Waals surface area (Å²) < 4.78 is 21.9. The molecule has 0 saturated heterocycles. The molecule has 0 radical (unpaired) electrons. The molecule has 1 aliphatic rings. The average Bonchev–Trinajstić information content (AvgIpc) is 2.52. The summed E-state index contributed by atoms with van der Waals surface area (Å²) in [6.45, 7) is 0.719. The number of nitrogens with two attached hydrogens (primary N) is 1. The van der Waals surface area contributed by atoms with Gasteiger partial charge in [-0.05, 0) is 37.6 Å². The van der Waals surface area contributed by atoms with E-state index >= 15 is 0 Å². The van der Waals surface area contributed by atoms with Crippen molar-refractivity contribution in [1.29, 1.82) is 0 Å². The van der Waals surface area contributed by atoms with Crippen LogP contribution in [0.15, 0.2) is 0 Å². The highest BCUT2D eigenvalue weighted by molar-refractivity contribution is 7.90. The quantitative estimate of drug-likeness (QED) is 0.759. The van der Waals surface area contributed by atoms with Crippen LogP contribution in [0.2, 0.25) is 0 Å². The molecule has 0 unspecified atom stereocenters. The van der Waals surface area contributed by atoms with Gasteiger partial charge < -0.3 is 5.73 Å². The van der Waals surface area contributed by atoms with E-state index in [1.807, 2.05) is 0 Å². The van der Waals surface area contributed by atoms with Crippen molar-refractivity contribution < 1.29 is 8.42 Å². The second kappa shape index (κ2) is 4.62. The van der Waals surface area contributed by atoms with Crippen LogP contribution in [-0.2, 0) is 9.84 Å². The molecule has 0 bridgehead atoms. The SMILES string of the molecule is CS(=O)(=O)CCCC1(CN)CCCC1. The van der Waals surface area contributed by atoms with Gasteiger partial charge in [0, 0.05) is 12.0 Å². The van der Waals surface area contributed by atoms with Crippen LogP contribution in [0.25, 0.3) is 0 Å². The Balaban J connectivity index is 2.35. The molecule has 0 heterocycles. The van der Waals surface area contributed by atoms with Crippen LogP contribution >= 0.6 is 0 Å². The predicted octanol–water partition coefficient (Wildman–Crippen LogP) is 1.33. The maximum Gasteiger partial charge on any atom is 0.147 e. The number of hydrogen-bond donors (Lipinski definition) is 1. The lowest BCUT2D eigenvalue weighted by atomic mass is 9.82. The highest BCUT2D eigenvalue weighted by atomic mass is 32.2. The van der Waals surface area contributed by atoms with Gasteiger partial charge in [0.05, 0.1) is 0 Å². The van der Waals surface area contributed by atoms with Crippen LogP contribution in [0.1, 0.15) is 38.5 Å². The topological polar surface area (TPSA) is 60.2 Å². The van der Waals surface area contributed by atoms with E-state index in [-0.39, 0.29) is 5.41 Å². The first-order valence-electron chi connectivity index (χ1n) is 5.35. The third-order valence-electron chi connectivity index (χ3n) is 3.32. The molecular formula is C10H21NO2S. The Kier molecular flexibility index (Phi) is 3.95. The summed E-state index contributed by atoms with van der Waals surface area (Å²) in [6, 6.07) is 0. The minimum atomic E-state index is -2.79. The highest BCUT2D eigenvalue weighted by Crippen LogP contribution is 2.40. The molecule has 0 atom stereocenters. The van der Waals surface area contributed by atoms with Gasteiger partial charge in [0.15, 0.2) is 0 Å². The average molecular weight is 219 g/mol. The zero-order valence-electron chi connectivity index (χ0n) is 8.96. The van der Waals surface area contributed by atoms with Crippen LogP contribution in [0.5, 0.6) is 0 Å². The third kappa shape index (κ3) is 3.58. The summed E-state index contributed by atoms with van der Waals surface area (Å²) in [5.74, 6) is 0.314. The van der Waals surface area contributed by atoms with Crippen molar-refractivity contribution in [3.05, 3.63) is 0 Å². The Bertz CT molecular complexity index is 266. The maximum absolute atomic E-state index is 11.0. The van der Waals surface area contributed by atoms with Crippen molar-refractivity contribution >= 4 is 9.84 Å². The summed E-state index contributed by atoms with van der Waals surface area (Å²) in [6.07, 6.45) is 7.95. The summed E-state index contributed by atoms with van der Waals surface area (Å²) in [5.41, 5.74) is 6.04. The first-order chi connectivity index (χ1) is 6.47. The lowest BCUT2D eigenvalue weighted by Crippen LogP contribution is -2.27. The summed E-state index contributed by atoms with van der Waals surface area (Å²) in [7, 11) is -2.79. The molecule has 1 aliphatic carbocycles. The fourth-order valence-corrected chi connectivity index (χ4v) is 3.06. The molecular weight excluding hydrogens is 198 g/mol. The van der Waals surface area contributed by atoms with Gasteiger partial charge in [0.2, 0.25) is 0 Å². The minimum absolute atomic E-state index is 0.269. The Morgan fingerprint density at radius 3 is 2.29 bits per heavy atom. The van der Waals surface area contributed by atoms with Crippen LogP contribution in [-0.4, -0.2) is 27.0 Å². The largest absolute Gasteiger partial charge is 0.330 e. The Hall–Kier alpha value is -0.0900. The second-order valence-corrected chi connectivity index (χ2v) is 6.90. The molecule has 0 aliphatic heterocycles. The van der Waals surface area contributed by atoms with E-state index in [4.69, 9.17) is 5.73 Å². The lowest BCUT2D eigenvalue weighted by Gasteiger charge is -2.26. The van der Waals surface area contributed by atoms with Gasteiger partial charge in [-0.2, -0.15) is 0 Å². The fourth-order valence-electron chi connectivity index (χ4n) is 2.39. The highest BCUT2D eigenvalue weighted by Gasteiger charge is 2.31. The van der Waals surface area contributed by atoms with E-state index in [9.17, 15) is 8.42 Å². The summed E-state index contributed by atoms with van der Waals surface area (Å²) >= 11 is 0. The molecule has 0 aromatic rings. The summed E-state index contributed by atoms with van der Waals surface area (Å²) in [5, 5.41) is 0. The van der Waals surface area contributed by atoms with Crippen LogP contribution < -0.4 is 5.73 Å². The van der Waals surface area contributed by atoms with E-state index in [2.05, 4.69) is 0 Å². The van der Waals surface area contributed by atoms with Crippen LogP contribution in [0.4, 0.5) is 0 Å². The minimum Gasteiger partial charge on any atom is -0.330 e. The van der Waals surface area contributed by atoms with Crippen LogP contribution in [0.3, 0.4) is 0 Å². The first-order valence-corrected chi connectivity index (χ1v) is 7.41. The molecule has 0 amide bonds. The Morgan fingerprint density at radius 2 is 1.86 bits per heavy atom. The molecule has 84 valence electrons. The third-order valence-corrected chi connectivity index (χ3v) is 4.35. The van der Waals surface area contributed by atoms with Gasteiger partial charge in [0.25, 0.3) is 0 Å². The first kappa shape index (κ1) is 12.0. The van der Waals surface area contributed by atoms with Gasteiger partial charge >= 0.3 is 0 Å². The zero-order chi connectivity index (χ0) is 10.7. The molecule has 2 N–H and O–H groups in total. The smallest absolute Gasteiger partial charge is 0.147 e. The Morgan fingerprint density at radius 1 is 1.29 bits per heavy atom. The van der Waals surface area contributed by atoms with E-state index in [1.165, 1.54) is 31.9 Å². The second-order valence-electron chi connectivity index (χ2n) is 4.64. The molecule has 0 spiro atoms. The molecule has 1 rings (SSSR count). The van der Waals surface area contributed by atoms with Crippen molar-refractivity contribution in [3.63, 3.8) is 0 Å². The molecule has 4 heteroatoms. The number of sulfone groups is 1. The number of hydrogen-bond acceptors (Lipinski definition) is 3. The van der Waals surface area contributed by atoms with E-state index in [1.54, 1.807) is 0 Å². The monoisotopic (exact) mass is 219 g/mol.